The van der Waals surface area contributed by atoms with Crippen LogP contribution in [0.15, 0.2) is 47.4 Å². The molecule has 0 heterocycles. The van der Waals surface area contributed by atoms with Gasteiger partial charge in [0, 0.05) is 16.3 Å². The minimum absolute atomic E-state index is 0.111. The van der Waals surface area contributed by atoms with Gasteiger partial charge in [0.2, 0.25) is 10.0 Å². The summed E-state index contributed by atoms with van der Waals surface area (Å²) in [6, 6.07) is 11.1. The summed E-state index contributed by atoms with van der Waals surface area (Å²) < 4.78 is 23.0. The van der Waals surface area contributed by atoms with E-state index in [1.54, 1.807) is 31.2 Å². The first-order valence-electron chi connectivity index (χ1n) is 6.93. The monoisotopic (exact) mass is 398 g/mol. The lowest BCUT2D eigenvalue weighted by molar-refractivity contribution is 0.0944. The summed E-state index contributed by atoms with van der Waals surface area (Å²) in [6.45, 7) is 1.59. The van der Waals surface area contributed by atoms with Gasteiger partial charge in [0.25, 0.3) is 5.91 Å². The van der Waals surface area contributed by atoms with E-state index in [1.807, 2.05) is 0 Å². The van der Waals surface area contributed by atoms with E-state index in [1.165, 1.54) is 18.2 Å². The number of halogens is 1. The van der Waals surface area contributed by atoms with Crippen LogP contribution < -0.4 is 21.3 Å². The topological polar surface area (TPSA) is 113 Å². The molecule has 25 heavy (non-hydrogen) atoms. The van der Waals surface area contributed by atoms with Crippen LogP contribution in [0, 0.1) is 6.92 Å². The smallest absolute Gasteiger partial charge is 0.269 e. The molecule has 0 aromatic heterocycles. The van der Waals surface area contributed by atoms with Gasteiger partial charge in [-0.05, 0) is 55.0 Å². The maximum Gasteiger partial charge on any atom is 0.269 e. The van der Waals surface area contributed by atoms with E-state index in [9.17, 15) is 13.2 Å². The Morgan fingerprint density at radius 3 is 2.52 bits per heavy atom. The molecular weight excluding hydrogens is 384 g/mol. The molecule has 0 bridgehead atoms. The lowest BCUT2D eigenvalue weighted by Crippen LogP contribution is -2.43. The van der Waals surface area contributed by atoms with Gasteiger partial charge in [-0.25, -0.2) is 13.6 Å². The molecule has 0 fully saturated rings. The summed E-state index contributed by atoms with van der Waals surface area (Å²) >= 11 is 10.9. The maximum absolute atomic E-state index is 12.1. The van der Waals surface area contributed by atoms with Gasteiger partial charge in [-0.1, -0.05) is 23.7 Å². The molecule has 0 saturated heterocycles. The molecule has 0 aliphatic carbocycles. The van der Waals surface area contributed by atoms with Crippen molar-refractivity contribution in [2.24, 2.45) is 5.14 Å². The van der Waals surface area contributed by atoms with Crippen molar-refractivity contribution in [2.75, 3.05) is 5.32 Å². The number of carbonyl (C=O) groups excluding carboxylic acids is 1. The first-order chi connectivity index (χ1) is 11.7. The highest BCUT2D eigenvalue weighted by molar-refractivity contribution is 7.89. The van der Waals surface area contributed by atoms with Crippen molar-refractivity contribution < 1.29 is 13.2 Å². The molecule has 0 spiro atoms. The van der Waals surface area contributed by atoms with Crippen molar-refractivity contribution in [1.82, 2.24) is 10.9 Å². The van der Waals surface area contributed by atoms with Crippen molar-refractivity contribution >= 4 is 50.5 Å². The predicted octanol–water partition coefficient (Wildman–Crippen LogP) is 1.93. The number of thiocarbonyl (C=S) groups is 1. The number of sulfonamides is 1. The van der Waals surface area contributed by atoms with Crippen molar-refractivity contribution in [3.63, 3.8) is 0 Å². The fraction of sp³-hybridized carbons (Fsp3) is 0.0667. The summed E-state index contributed by atoms with van der Waals surface area (Å²) in [5, 5.41) is 8.64. The van der Waals surface area contributed by atoms with E-state index in [2.05, 4.69) is 16.2 Å². The zero-order valence-corrected chi connectivity index (χ0v) is 15.4. The third kappa shape index (κ3) is 5.40. The van der Waals surface area contributed by atoms with Crippen LogP contribution in [0.1, 0.15) is 15.9 Å². The number of rotatable bonds is 3. The highest BCUT2D eigenvalue weighted by Crippen LogP contribution is 2.16. The van der Waals surface area contributed by atoms with E-state index < -0.39 is 15.9 Å². The van der Waals surface area contributed by atoms with Crippen LogP contribution in [0.5, 0.6) is 0 Å². The number of hydrazine groups is 1. The Morgan fingerprint density at radius 1 is 1.16 bits per heavy atom. The van der Waals surface area contributed by atoms with Gasteiger partial charge in [0.1, 0.15) is 0 Å². The Balaban J connectivity index is 2.02. The van der Waals surface area contributed by atoms with Crippen LogP contribution in [0.2, 0.25) is 5.02 Å². The highest BCUT2D eigenvalue weighted by atomic mass is 35.5. The van der Waals surface area contributed by atoms with Crippen LogP contribution in [-0.4, -0.2) is 19.4 Å². The van der Waals surface area contributed by atoms with Crippen molar-refractivity contribution in [3.8, 4) is 0 Å². The number of nitrogens with one attached hydrogen (secondary N) is 3. The van der Waals surface area contributed by atoms with Crippen LogP contribution in [0.3, 0.4) is 0 Å². The summed E-state index contributed by atoms with van der Waals surface area (Å²) in [4.78, 5) is 12.0. The number of benzene rings is 2. The minimum Gasteiger partial charge on any atom is -0.331 e. The van der Waals surface area contributed by atoms with E-state index >= 15 is 0 Å². The number of hydrogen-bond acceptors (Lipinski definition) is 4. The molecule has 2 aromatic rings. The number of amides is 1. The summed E-state index contributed by atoms with van der Waals surface area (Å²) in [6.07, 6.45) is 0. The third-order valence-electron chi connectivity index (χ3n) is 3.13. The fourth-order valence-corrected chi connectivity index (χ4v) is 3.13. The number of carbonyl (C=O) groups is 1. The second-order valence-electron chi connectivity index (χ2n) is 5.07. The Labute approximate surface area is 155 Å². The van der Waals surface area contributed by atoms with Gasteiger partial charge >= 0.3 is 0 Å². The molecule has 10 heteroatoms. The molecule has 0 unspecified atom stereocenters. The van der Waals surface area contributed by atoms with Gasteiger partial charge in [-0.2, -0.15) is 0 Å². The third-order valence-corrected chi connectivity index (χ3v) is 4.62. The van der Waals surface area contributed by atoms with E-state index in [0.29, 0.717) is 16.3 Å². The van der Waals surface area contributed by atoms with Gasteiger partial charge in [0.15, 0.2) is 5.11 Å². The molecule has 1 amide bonds. The average molecular weight is 399 g/mol. The SMILES string of the molecule is Cc1ccc(C(=O)NNC(=S)Nc2cccc(Cl)c2)cc1S(N)(=O)=O. The van der Waals surface area contributed by atoms with E-state index in [0.717, 1.165) is 0 Å². The molecule has 2 aromatic carbocycles. The first-order valence-corrected chi connectivity index (χ1v) is 9.26. The summed E-state index contributed by atoms with van der Waals surface area (Å²) in [5.74, 6) is -0.569. The Bertz CT molecular complexity index is 932. The molecule has 0 atom stereocenters. The molecule has 0 aliphatic heterocycles. The number of primary sulfonamides is 1. The van der Waals surface area contributed by atoms with Gasteiger partial charge < -0.3 is 5.32 Å². The molecule has 0 saturated carbocycles. The van der Waals surface area contributed by atoms with Gasteiger partial charge in [-0.3, -0.25) is 15.6 Å². The Morgan fingerprint density at radius 2 is 1.88 bits per heavy atom. The molecule has 132 valence electrons. The number of nitrogens with two attached hydrogens (primary N) is 1. The van der Waals surface area contributed by atoms with E-state index in [-0.39, 0.29) is 15.6 Å². The minimum atomic E-state index is -3.92. The maximum atomic E-state index is 12.1. The van der Waals surface area contributed by atoms with E-state index in [4.69, 9.17) is 29.0 Å². The number of hydrogen-bond donors (Lipinski definition) is 4. The zero-order chi connectivity index (χ0) is 18.6. The second kappa shape index (κ2) is 7.79. The Hall–Kier alpha value is -2.20. The fourth-order valence-electron chi connectivity index (χ4n) is 1.96. The normalized spacial score (nSPS) is 10.8. The van der Waals surface area contributed by atoms with Crippen molar-refractivity contribution in [3.05, 3.63) is 58.6 Å². The molecular formula is C15H15ClN4O3S2. The lowest BCUT2D eigenvalue weighted by atomic mass is 10.1. The van der Waals surface area contributed by atoms with Crippen LogP contribution >= 0.6 is 23.8 Å². The highest BCUT2D eigenvalue weighted by Gasteiger charge is 2.15. The van der Waals surface area contributed by atoms with Gasteiger partial charge in [-0.15, -0.1) is 0 Å². The lowest BCUT2D eigenvalue weighted by Gasteiger charge is -2.12. The number of aryl methyl sites for hydroxylation is 1. The summed E-state index contributed by atoms with van der Waals surface area (Å²) in [5.41, 5.74) is 6.10. The Kier molecular flexibility index (Phi) is 5.96. The van der Waals surface area contributed by atoms with Crippen LogP contribution in [-0.2, 0) is 10.0 Å². The standard InChI is InChI=1S/C15H15ClN4O3S2/c1-9-5-6-10(7-13(9)25(17,22)23)14(21)19-20-15(24)18-12-4-2-3-11(16)8-12/h2-8H,1H3,(H,19,21)(H2,17,22,23)(H2,18,20,24). The van der Waals surface area contributed by atoms with Crippen LogP contribution in [0.25, 0.3) is 0 Å². The zero-order valence-electron chi connectivity index (χ0n) is 13.0. The average Bonchev–Trinajstić information content (AvgIpc) is 2.52. The van der Waals surface area contributed by atoms with Crippen LogP contribution in [0.4, 0.5) is 5.69 Å². The molecule has 2 rings (SSSR count). The second-order valence-corrected chi connectivity index (χ2v) is 7.44. The molecule has 0 radical (unpaired) electrons. The largest absolute Gasteiger partial charge is 0.331 e. The van der Waals surface area contributed by atoms with Crippen molar-refractivity contribution in [2.45, 2.75) is 11.8 Å². The number of anilines is 1. The molecule has 5 N–H and O–H groups in total. The first kappa shape index (κ1) is 19.1. The molecule has 0 aliphatic rings. The molecule has 7 nitrogen and oxygen atoms in total. The van der Waals surface area contributed by atoms with Crippen molar-refractivity contribution in [1.29, 1.82) is 0 Å². The quantitative estimate of drug-likeness (QED) is 0.464. The van der Waals surface area contributed by atoms with Gasteiger partial charge in [0.05, 0.1) is 4.90 Å². The predicted molar refractivity (Wildman–Crippen MR) is 101 cm³/mol. The summed E-state index contributed by atoms with van der Waals surface area (Å²) in [7, 11) is -3.92.